The number of allylic oxidation sites excluding steroid dienone is 2. The van der Waals surface area contributed by atoms with Crippen molar-refractivity contribution in [3.63, 3.8) is 0 Å². The number of piperidine rings is 1. The number of nitrogens with one attached hydrogen (secondary N) is 2. The number of nitrogens with zero attached hydrogens (tertiary/aromatic N) is 1. The van der Waals surface area contributed by atoms with Crippen LogP contribution in [-0.2, 0) is 4.79 Å². The van der Waals surface area contributed by atoms with Crippen molar-refractivity contribution in [3.05, 3.63) is 35.7 Å². The van der Waals surface area contributed by atoms with Gasteiger partial charge in [-0.05, 0) is 29.3 Å². The van der Waals surface area contributed by atoms with E-state index in [4.69, 9.17) is 0 Å². The fourth-order valence-corrected chi connectivity index (χ4v) is 3.78. The van der Waals surface area contributed by atoms with Crippen LogP contribution in [0.25, 0.3) is 0 Å². The van der Waals surface area contributed by atoms with Crippen LogP contribution in [0.3, 0.4) is 0 Å². The van der Waals surface area contributed by atoms with Crippen LogP contribution in [0.15, 0.2) is 35.7 Å². The highest BCUT2D eigenvalue weighted by atomic mass is 79.9. The molecule has 0 saturated carbocycles. The van der Waals surface area contributed by atoms with Gasteiger partial charge in [0, 0.05) is 24.6 Å². The van der Waals surface area contributed by atoms with E-state index in [-0.39, 0.29) is 18.1 Å². The molecular formula is C14H18BrN3O. The zero-order valence-electron chi connectivity index (χ0n) is 11.1. The topological polar surface area (TPSA) is 44.4 Å². The molecule has 0 aliphatic carbocycles. The van der Waals surface area contributed by atoms with Crippen LogP contribution >= 0.6 is 16.1 Å². The van der Waals surface area contributed by atoms with Gasteiger partial charge >= 0.3 is 0 Å². The first kappa shape index (κ1) is 12.8. The van der Waals surface area contributed by atoms with Gasteiger partial charge in [-0.25, -0.2) is 0 Å². The minimum atomic E-state index is 0.125. The maximum Gasteiger partial charge on any atom is 0.224 e. The Hall–Kier alpha value is -1.23. The Morgan fingerprint density at radius 1 is 1.47 bits per heavy atom. The maximum absolute atomic E-state index is 11.9. The molecule has 0 spiro atoms. The third kappa shape index (κ3) is 2.10. The molecule has 3 atom stereocenters. The average molecular weight is 324 g/mol. The van der Waals surface area contributed by atoms with Gasteiger partial charge in [0.1, 0.15) is 6.17 Å². The third-order valence-electron chi connectivity index (χ3n) is 4.02. The van der Waals surface area contributed by atoms with E-state index in [1.807, 2.05) is 16.2 Å². The van der Waals surface area contributed by atoms with Crippen molar-refractivity contribution in [1.82, 2.24) is 14.6 Å². The molecule has 3 heterocycles. The fraction of sp³-hybridized carbons (Fsp3) is 0.500. The lowest BCUT2D eigenvalue weighted by Crippen LogP contribution is -2.55. The second-order valence-corrected chi connectivity index (χ2v) is 6.45. The molecule has 1 amide bonds. The van der Waals surface area contributed by atoms with Crippen LogP contribution in [0.2, 0.25) is 0 Å². The predicted molar refractivity (Wildman–Crippen MR) is 77.9 cm³/mol. The summed E-state index contributed by atoms with van der Waals surface area (Å²) in [4.78, 5) is 11.9. The van der Waals surface area contributed by atoms with Gasteiger partial charge in [0.15, 0.2) is 0 Å². The number of halogens is 1. The molecule has 1 fully saturated rings. The Balaban J connectivity index is 2.05. The summed E-state index contributed by atoms with van der Waals surface area (Å²) in [5.41, 5.74) is 2.51. The number of rotatable bonds is 1. The van der Waals surface area contributed by atoms with Crippen molar-refractivity contribution in [1.29, 1.82) is 0 Å². The molecule has 5 heteroatoms. The summed E-state index contributed by atoms with van der Waals surface area (Å²) in [6.07, 6.45) is 8.84. The van der Waals surface area contributed by atoms with Gasteiger partial charge in [-0.15, -0.1) is 0 Å². The minimum absolute atomic E-state index is 0.125. The summed E-state index contributed by atoms with van der Waals surface area (Å²) in [7, 11) is 0. The first-order valence-electron chi connectivity index (χ1n) is 6.64. The van der Waals surface area contributed by atoms with E-state index in [9.17, 15) is 4.79 Å². The predicted octanol–water partition coefficient (Wildman–Crippen LogP) is 2.03. The fourth-order valence-electron chi connectivity index (χ4n) is 3.16. The summed E-state index contributed by atoms with van der Waals surface area (Å²) in [5.74, 6) is 0.835. The second-order valence-electron chi connectivity index (χ2n) is 5.64. The zero-order valence-corrected chi connectivity index (χ0v) is 12.6. The van der Waals surface area contributed by atoms with Crippen molar-refractivity contribution in [2.45, 2.75) is 32.5 Å². The van der Waals surface area contributed by atoms with Crippen molar-refractivity contribution < 1.29 is 4.79 Å². The molecule has 3 aliphatic rings. The Morgan fingerprint density at radius 2 is 2.26 bits per heavy atom. The largest absolute Gasteiger partial charge is 0.367 e. The average Bonchev–Trinajstić information content (AvgIpc) is 2.37. The molecule has 3 rings (SSSR count). The Morgan fingerprint density at radius 3 is 3.00 bits per heavy atom. The molecule has 0 radical (unpaired) electrons. The van der Waals surface area contributed by atoms with Gasteiger partial charge in [-0.2, -0.15) is 0 Å². The van der Waals surface area contributed by atoms with Crippen molar-refractivity contribution in [2.24, 2.45) is 11.8 Å². The Labute approximate surface area is 121 Å². The minimum Gasteiger partial charge on any atom is -0.367 e. The molecule has 0 aromatic rings. The van der Waals surface area contributed by atoms with Crippen LogP contribution in [0.5, 0.6) is 0 Å². The number of hydrogen-bond acceptors (Lipinski definition) is 3. The Kier molecular flexibility index (Phi) is 3.17. The van der Waals surface area contributed by atoms with E-state index in [1.54, 1.807) is 0 Å². The molecule has 1 saturated heterocycles. The third-order valence-corrected chi connectivity index (χ3v) is 4.63. The van der Waals surface area contributed by atoms with Gasteiger partial charge in [0.2, 0.25) is 5.91 Å². The van der Waals surface area contributed by atoms with Gasteiger partial charge < -0.3 is 10.6 Å². The molecule has 0 aromatic heterocycles. The molecule has 19 heavy (non-hydrogen) atoms. The highest BCUT2D eigenvalue weighted by molar-refractivity contribution is 9.07. The van der Waals surface area contributed by atoms with E-state index in [0.29, 0.717) is 18.3 Å². The summed E-state index contributed by atoms with van der Waals surface area (Å²) in [6, 6.07) is 0.177. The smallest absolute Gasteiger partial charge is 0.224 e. The number of hydrogen-bond donors (Lipinski definition) is 2. The summed E-state index contributed by atoms with van der Waals surface area (Å²) in [6.45, 7) is 4.33. The molecule has 3 aliphatic heterocycles. The maximum atomic E-state index is 11.9. The molecule has 2 N–H and O–H groups in total. The number of carbonyl (C=O) groups excluding carboxylic acids is 1. The quantitative estimate of drug-likeness (QED) is 0.726. The Bertz CT molecular complexity index is 495. The number of fused-ring (bicyclic) bond motifs is 3. The summed E-state index contributed by atoms with van der Waals surface area (Å²) >= 11 is 3.56. The highest BCUT2D eigenvalue weighted by Crippen LogP contribution is 2.41. The van der Waals surface area contributed by atoms with Gasteiger partial charge in [0.05, 0.1) is 16.1 Å². The molecule has 3 unspecified atom stereocenters. The molecule has 0 aromatic carbocycles. The van der Waals surface area contributed by atoms with E-state index >= 15 is 0 Å². The lowest BCUT2D eigenvalue weighted by Gasteiger charge is -2.46. The summed E-state index contributed by atoms with van der Waals surface area (Å²) in [5, 5.41) is 6.50. The lowest BCUT2D eigenvalue weighted by molar-refractivity contribution is -0.123. The molecule has 4 nitrogen and oxygen atoms in total. The van der Waals surface area contributed by atoms with Crippen LogP contribution < -0.4 is 10.6 Å². The second kappa shape index (κ2) is 4.71. The van der Waals surface area contributed by atoms with Gasteiger partial charge in [0.25, 0.3) is 0 Å². The van der Waals surface area contributed by atoms with E-state index in [1.165, 1.54) is 11.1 Å². The van der Waals surface area contributed by atoms with Crippen LogP contribution in [0.1, 0.15) is 20.3 Å². The van der Waals surface area contributed by atoms with Crippen molar-refractivity contribution in [3.8, 4) is 0 Å². The normalized spacial score (nSPS) is 32.9. The number of dihydropyridines is 1. The zero-order chi connectivity index (χ0) is 13.6. The van der Waals surface area contributed by atoms with E-state index < -0.39 is 0 Å². The van der Waals surface area contributed by atoms with Crippen molar-refractivity contribution >= 4 is 22.1 Å². The first-order valence-corrected chi connectivity index (χ1v) is 7.35. The SMILES string of the molecule is CC(C)C1NC(=O)CC2=CN(Br)C3NC=CC=C3C21. The van der Waals surface area contributed by atoms with Gasteiger partial charge in [-0.1, -0.05) is 19.9 Å². The monoisotopic (exact) mass is 323 g/mol. The van der Waals surface area contributed by atoms with Crippen LogP contribution in [-0.4, -0.2) is 22.0 Å². The van der Waals surface area contributed by atoms with Crippen LogP contribution in [0.4, 0.5) is 0 Å². The number of carbonyl (C=O) groups is 1. The van der Waals surface area contributed by atoms with E-state index in [2.05, 4.69) is 52.9 Å². The molecule has 0 bridgehead atoms. The highest BCUT2D eigenvalue weighted by Gasteiger charge is 2.42. The molecular weight excluding hydrogens is 306 g/mol. The van der Waals surface area contributed by atoms with Gasteiger partial charge in [-0.3, -0.25) is 8.72 Å². The standard InChI is InChI=1S/C14H18BrN3O/c1-8(2)13-12-9(6-11(19)17-13)7-18(15)14-10(12)4-3-5-16-14/h3-5,7-8,12-14,16H,6H2,1-2H3,(H,17,19). The van der Waals surface area contributed by atoms with E-state index in [0.717, 1.165) is 0 Å². The van der Waals surface area contributed by atoms with Crippen LogP contribution in [0, 0.1) is 11.8 Å². The first-order chi connectivity index (χ1) is 9.08. The lowest BCUT2D eigenvalue weighted by atomic mass is 9.73. The van der Waals surface area contributed by atoms with Crippen molar-refractivity contribution in [2.75, 3.05) is 0 Å². The molecule has 102 valence electrons. The number of amides is 1. The summed E-state index contributed by atoms with van der Waals surface area (Å²) < 4.78 is 1.98.